The van der Waals surface area contributed by atoms with Crippen molar-refractivity contribution in [3.63, 3.8) is 0 Å². The Morgan fingerprint density at radius 3 is 2.65 bits per heavy atom. The van der Waals surface area contributed by atoms with Gasteiger partial charge in [-0.25, -0.2) is 9.59 Å². The first-order valence-corrected chi connectivity index (χ1v) is 6.71. The van der Waals surface area contributed by atoms with Gasteiger partial charge in [0.1, 0.15) is 0 Å². The third-order valence-electron chi connectivity index (χ3n) is 2.85. The number of nitrogens with zero attached hydrogens (tertiary/aromatic N) is 1. The number of carbonyl (C=O) groups excluding carboxylic acids is 1. The zero-order valence-electron chi connectivity index (χ0n) is 12.2. The van der Waals surface area contributed by atoms with Crippen molar-refractivity contribution in [3.05, 3.63) is 35.4 Å². The molecule has 2 amide bonds. The second-order valence-electron chi connectivity index (χ2n) is 5.26. The van der Waals surface area contributed by atoms with Gasteiger partial charge in [-0.2, -0.15) is 0 Å². The van der Waals surface area contributed by atoms with Crippen molar-refractivity contribution in [2.75, 3.05) is 20.1 Å². The van der Waals surface area contributed by atoms with Crippen molar-refractivity contribution in [1.29, 1.82) is 0 Å². The molecule has 0 aromatic heterocycles. The molecule has 0 unspecified atom stereocenters. The molecule has 0 aliphatic carbocycles. The van der Waals surface area contributed by atoms with Crippen molar-refractivity contribution in [3.8, 4) is 0 Å². The summed E-state index contributed by atoms with van der Waals surface area (Å²) >= 11 is 0. The number of amides is 2. The van der Waals surface area contributed by atoms with Gasteiger partial charge in [0, 0.05) is 20.1 Å². The maximum Gasteiger partial charge on any atom is 0.335 e. The highest BCUT2D eigenvalue weighted by molar-refractivity contribution is 5.87. The number of benzene rings is 1. The summed E-state index contributed by atoms with van der Waals surface area (Å²) in [7, 11) is 1.76. The lowest BCUT2D eigenvalue weighted by Gasteiger charge is -2.19. The van der Waals surface area contributed by atoms with Crippen LogP contribution in [0.2, 0.25) is 0 Å². The summed E-state index contributed by atoms with van der Waals surface area (Å²) in [4.78, 5) is 24.3. The van der Waals surface area contributed by atoms with Crippen molar-refractivity contribution in [1.82, 2.24) is 10.2 Å². The highest BCUT2D eigenvalue weighted by Gasteiger charge is 2.09. The monoisotopic (exact) mass is 278 g/mol. The Hall–Kier alpha value is -2.04. The quantitative estimate of drug-likeness (QED) is 0.838. The topological polar surface area (TPSA) is 69.6 Å². The lowest BCUT2D eigenvalue weighted by molar-refractivity contribution is 0.0696. The zero-order valence-corrected chi connectivity index (χ0v) is 12.2. The van der Waals surface area contributed by atoms with Crippen LogP contribution >= 0.6 is 0 Å². The smallest absolute Gasteiger partial charge is 0.335 e. The fourth-order valence-electron chi connectivity index (χ4n) is 1.94. The van der Waals surface area contributed by atoms with Crippen LogP contribution in [0.4, 0.5) is 4.79 Å². The molecule has 0 spiro atoms. The molecular formula is C15H22N2O3. The summed E-state index contributed by atoms with van der Waals surface area (Å²) in [5.41, 5.74) is 1.17. The second kappa shape index (κ2) is 7.53. The van der Waals surface area contributed by atoms with E-state index in [-0.39, 0.29) is 11.6 Å². The van der Waals surface area contributed by atoms with Gasteiger partial charge in [0.25, 0.3) is 0 Å². The fraction of sp³-hybridized carbons (Fsp3) is 0.467. The number of hydrogen-bond donors (Lipinski definition) is 2. The Morgan fingerprint density at radius 1 is 1.35 bits per heavy atom. The van der Waals surface area contributed by atoms with Crippen LogP contribution in [0.1, 0.15) is 29.8 Å². The van der Waals surface area contributed by atoms with Crippen LogP contribution in [0.25, 0.3) is 0 Å². The minimum absolute atomic E-state index is 0.104. The summed E-state index contributed by atoms with van der Waals surface area (Å²) in [6, 6.07) is 6.66. The molecule has 0 atom stereocenters. The van der Waals surface area contributed by atoms with E-state index < -0.39 is 5.97 Å². The van der Waals surface area contributed by atoms with Crippen molar-refractivity contribution in [2.45, 2.75) is 20.3 Å². The minimum atomic E-state index is -0.937. The molecule has 110 valence electrons. The van der Waals surface area contributed by atoms with Gasteiger partial charge in [-0.15, -0.1) is 0 Å². The van der Waals surface area contributed by atoms with Gasteiger partial charge >= 0.3 is 12.0 Å². The first-order valence-electron chi connectivity index (χ1n) is 6.71. The molecule has 0 fully saturated rings. The van der Waals surface area contributed by atoms with Gasteiger partial charge in [-0.05, 0) is 30.0 Å². The second-order valence-corrected chi connectivity index (χ2v) is 5.26. The maximum atomic E-state index is 11.8. The Balaban J connectivity index is 2.42. The standard InChI is InChI=1S/C15H22N2O3/c1-11(2)10-17(3)15(20)16-8-7-12-5-4-6-13(9-12)14(18)19/h4-6,9,11H,7-8,10H2,1-3H3,(H,16,20)(H,18,19). The predicted molar refractivity (Wildman–Crippen MR) is 78.0 cm³/mol. The first kappa shape index (κ1) is 16.0. The van der Waals surface area contributed by atoms with Gasteiger partial charge < -0.3 is 15.3 Å². The highest BCUT2D eigenvalue weighted by atomic mass is 16.4. The van der Waals surface area contributed by atoms with E-state index in [0.29, 0.717) is 25.4 Å². The Labute approximate surface area is 119 Å². The summed E-state index contributed by atoms with van der Waals surface area (Å²) < 4.78 is 0. The molecule has 0 saturated heterocycles. The lowest BCUT2D eigenvalue weighted by Crippen LogP contribution is -2.39. The number of carboxylic acids is 1. The highest BCUT2D eigenvalue weighted by Crippen LogP contribution is 2.05. The number of carboxylic acid groups (broad SMARTS) is 1. The van der Waals surface area contributed by atoms with Gasteiger partial charge in [-0.1, -0.05) is 26.0 Å². The van der Waals surface area contributed by atoms with E-state index in [4.69, 9.17) is 5.11 Å². The molecule has 1 rings (SSSR count). The number of urea groups is 1. The molecule has 20 heavy (non-hydrogen) atoms. The molecule has 0 bridgehead atoms. The van der Waals surface area contributed by atoms with Crippen LogP contribution in [-0.4, -0.2) is 42.1 Å². The van der Waals surface area contributed by atoms with E-state index in [2.05, 4.69) is 19.2 Å². The maximum absolute atomic E-state index is 11.8. The van der Waals surface area contributed by atoms with Gasteiger partial charge in [0.2, 0.25) is 0 Å². The fourth-order valence-corrected chi connectivity index (χ4v) is 1.94. The third kappa shape index (κ3) is 5.30. The van der Waals surface area contributed by atoms with Crippen LogP contribution in [0.15, 0.2) is 24.3 Å². The number of aromatic carboxylic acids is 1. The van der Waals surface area contributed by atoms with E-state index in [1.807, 2.05) is 6.07 Å². The molecule has 5 nitrogen and oxygen atoms in total. The first-order chi connectivity index (χ1) is 9.40. The molecule has 0 aliphatic rings. The zero-order chi connectivity index (χ0) is 15.1. The van der Waals surface area contributed by atoms with Gasteiger partial charge in [0.15, 0.2) is 0 Å². The molecule has 1 aromatic carbocycles. The normalized spacial score (nSPS) is 10.4. The Kier molecular flexibility index (Phi) is 6.03. The summed E-state index contributed by atoms with van der Waals surface area (Å²) in [5.74, 6) is -0.509. The van der Waals surface area contributed by atoms with Crippen LogP contribution < -0.4 is 5.32 Å². The van der Waals surface area contributed by atoms with E-state index in [9.17, 15) is 9.59 Å². The average Bonchev–Trinajstić information content (AvgIpc) is 2.38. The summed E-state index contributed by atoms with van der Waals surface area (Å²) in [6.45, 7) is 5.31. The SMILES string of the molecule is CC(C)CN(C)C(=O)NCCc1cccc(C(=O)O)c1. The summed E-state index contributed by atoms with van der Waals surface area (Å²) in [6.07, 6.45) is 0.613. The third-order valence-corrected chi connectivity index (χ3v) is 2.85. The van der Waals surface area contributed by atoms with Crippen LogP contribution in [0.5, 0.6) is 0 Å². The van der Waals surface area contributed by atoms with Crippen molar-refractivity contribution >= 4 is 12.0 Å². The number of rotatable bonds is 6. The lowest BCUT2D eigenvalue weighted by atomic mass is 10.1. The largest absolute Gasteiger partial charge is 0.478 e. The Bertz CT molecular complexity index is 472. The van der Waals surface area contributed by atoms with Crippen LogP contribution in [0, 0.1) is 5.92 Å². The van der Waals surface area contributed by atoms with E-state index in [1.54, 1.807) is 30.1 Å². The Morgan fingerprint density at radius 2 is 2.05 bits per heavy atom. The molecule has 0 saturated carbocycles. The number of carbonyl (C=O) groups is 2. The molecule has 1 aromatic rings. The molecule has 0 radical (unpaired) electrons. The van der Waals surface area contributed by atoms with Gasteiger partial charge in [0.05, 0.1) is 5.56 Å². The summed E-state index contributed by atoms with van der Waals surface area (Å²) in [5, 5.41) is 11.7. The molecule has 2 N–H and O–H groups in total. The molecule has 0 heterocycles. The predicted octanol–water partition coefficient (Wildman–Crippen LogP) is 2.22. The number of hydrogen-bond acceptors (Lipinski definition) is 2. The van der Waals surface area contributed by atoms with E-state index >= 15 is 0 Å². The van der Waals surface area contributed by atoms with Gasteiger partial charge in [-0.3, -0.25) is 0 Å². The van der Waals surface area contributed by atoms with Crippen LogP contribution in [-0.2, 0) is 6.42 Å². The van der Waals surface area contributed by atoms with Crippen molar-refractivity contribution in [2.24, 2.45) is 5.92 Å². The minimum Gasteiger partial charge on any atom is -0.478 e. The number of nitrogens with one attached hydrogen (secondary N) is 1. The molecule has 0 aliphatic heterocycles. The van der Waals surface area contributed by atoms with E-state index in [1.165, 1.54) is 0 Å². The molecule has 5 heteroatoms. The molecular weight excluding hydrogens is 256 g/mol. The van der Waals surface area contributed by atoms with Crippen molar-refractivity contribution < 1.29 is 14.7 Å². The van der Waals surface area contributed by atoms with E-state index in [0.717, 1.165) is 5.56 Å². The average molecular weight is 278 g/mol. The van der Waals surface area contributed by atoms with Crippen LogP contribution in [0.3, 0.4) is 0 Å².